The summed E-state index contributed by atoms with van der Waals surface area (Å²) in [5, 5.41) is 6.66. The van der Waals surface area contributed by atoms with Crippen molar-refractivity contribution in [3.8, 4) is 0 Å². The Hall–Kier alpha value is -1.30. The summed E-state index contributed by atoms with van der Waals surface area (Å²) in [7, 11) is 1.77. The van der Waals surface area contributed by atoms with Crippen molar-refractivity contribution in [3.63, 3.8) is 0 Å². The van der Waals surface area contributed by atoms with Crippen LogP contribution in [-0.2, 0) is 9.53 Å². The number of aliphatic imine (C=N–C) groups is 1. The molecule has 0 spiro atoms. The van der Waals surface area contributed by atoms with Gasteiger partial charge in [-0.15, -0.1) is 0 Å². The molecule has 2 rings (SSSR count). The Balaban J connectivity index is 1.62. The van der Waals surface area contributed by atoms with Crippen molar-refractivity contribution >= 4 is 11.9 Å². The zero-order valence-corrected chi connectivity index (χ0v) is 14.1. The summed E-state index contributed by atoms with van der Waals surface area (Å²) in [5.74, 6) is 1.90. The van der Waals surface area contributed by atoms with E-state index in [2.05, 4.69) is 15.6 Å². The van der Waals surface area contributed by atoms with Gasteiger partial charge in [0.2, 0.25) is 5.91 Å². The van der Waals surface area contributed by atoms with E-state index in [4.69, 9.17) is 4.74 Å². The third-order valence-electron chi connectivity index (χ3n) is 4.15. The molecule has 1 saturated heterocycles. The van der Waals surface area contributed by atoms with E-state index < -0.39 is 0 Å². The predicted molar refractivity (Wildman–Crippen MR) is 87.9 cm³/mol. The minimum absolute atomic E-state index is 0.0693. The number of hydrogen-bond donors (Lipinski definition) is 2. The third-order valence-corrected chi connectivity index (χ3v) is 4.15. The zero-order chi connectivity index (χ0) is 15.9. The Morgan fingerprint density at radius 2 is 2.14 bits per heavy atom. The second-order valence-electron chi connectivity index (χ2n) is 6.59. The fourth-order valence-electron chi connectivity index (χ4n) is 2.61. The SMILES string of the molecule is CN=C(NCCOCC1CC1)NC1CCN(C(=O)C(C)C)C1. The van der Waals surface area contributed by atoms with Crippen molar-refractivity contribution in [1.29, 1.82) is 0 Å². The van der Waals surface area contributed by atoms with E-state index in [9.17, 15) is 4.79 Å². The van der Waals surface area contributed by atoms with E-state index in [-0.39, 0.29) is 17.9 Å². The van der Waals surface area contributed by atoms with Gasteiger partial charge in [0, 0.05) is 45.2 Å². The normalized spacial score (nSPS) is 22.3. The lowest BCUT2D eigenvalue weighted by molar-refractivity contribution is -0.133. The minimum Gasteiger partial charge on any atom is -0.379 e. The molecule has 0 bridgehead atoms. The van der Waals surface area contributed by atoms with Crippen LogP contribution >= 0.6 is 0 Å². The summed E-state index contributed by atoms with van der Waals surface area (Å²) in [6, 6.07) is 0.279. The Morgan fingerprint density at radius 3 is 2.77 bits per heavy atom. The van der Waals surface area contributed by atoms with Crippen molar-refractivity contribution in [2.24, 2.45) is 16.8 Å². The van der Waals surface area contributed by atoms with E-state index in [0.29, 0.717) is 6.61 Å². The molecule has 0 aromatic rings. The van der Waals surface area contributed by atoms with Gasteiger partial charge >= 0.3 is 0 Å². The van der Waals surface area contributed by atoms with Crippen LogP contribution in [0.25, 0.3) is 0 Å². The minimum atomic E-state index is 0.0693. The number of carbonyl (C=O) groups excluding carboxylic acids is 1. The summed E-state index contributed by atoms with van der Waals surface area (Å²) in [6.07, 6.45) is 3.62. The first-order valence-corrected chi connectivity index (χ1v) is 8.44. The van der Waals surface area contributed by atoms with Crippen LogP contribution in [0.2, 0.25) is 0 Å². The van der Waals surface area contributed by atoms with Crippen LogP contribution in [0.15, 0.2) is 4.99 Å². The van der Waals surface area contributed by atoms with Gasteiger partial charge in [-0.1, -0.05) is 13.8 Å². The number of rotatable bonds is 7. The molecule has 2 N–H and O–H groups in total. The molecule has 1 heterocycles. The number of nitrogens with zero attached hydrogens (tertiary/aromatic N) is 2. The monoisotopic (exact) mass is 310 g/mol. The van der Waals surface area contributed by atoms with Gasteiger partial charge in [0.05, 0.1) is 6.61 Å². The highest BCUT2D eigenvalue weighted by Gasteiger charge is 2.27. The summed E-state index contributed by atoms with van der Waals surface area (Å²) >= 11 is 0. The molecule has 2 aliphatic rings. The first-order valence-electron chi connectivity index (χ1n) is 8.44. The van der Waals surface area contributed by atoms with Gasteiger partial charge in [-0.2, -0.15) is 0 Å². The van der Waals surface area contributed by atoms with E-state index >= 15 is 0 Å². The summed E-state index contributed by atoms with van der Waals surface area (Å²) in [6.45, 7) is 7.85. The first-order chi connectivity index (χ1) is 10.6. The molecule has 1 aliphatic carbocycles. The molecule has 22 heavy (non-hydrogen) atoms. The van der Waals surface area contributed by atoms with Gasteiger partial charge in [-0.25, -0.2) is 0 Å². The molecule has 0 aromatic heterocycles. The predicted octanol–water partition coefficient (Wildman–Crippen LogP) is 0.835. The molecule has 126 valence electrons. The molecule has 1 saturated carbocycles. The number of carbonyl (C=O) groups is 1. The van der Waals surface area contributed by atoms with Crippen LogP contribution in [0.1, 0.15) is 33.1 Å². The third kappa shape index (κ3) is 5.48. The molecule has 1 unspecified atom stereocenters. The summed E-state index contributed by atoms with van der Waals surface area (Å²) < 4.78 is 5.60. The van der Waals surface area contributed by atoms with E-state index in [1.54, 1.807) is 7.05 Å². The van der Waals surface area contributed by atoms with Crippen molar-refractivity contribution < 1.29 is 9.53 Å². The van der Waals surface area contributed by atoms with Gasteiger partial charge in [-0.3, -0.25) is 9.79 Å². The number of nitrogens with one attached hydrogen (secondary N) is 2. The number of guanidine groups is 1. The van der Waals surface area contributed by atoms with Gasteiger partial charge < -0.3 is 20.3 Å². The largest absolute Gasteiger partial charge is 0.379 e. The maximum atomic E-state index is 12.0. The van der Waals surface area contributed by atoms with Crippen molar-refractivity contribution in [3.05, 3.63) is 0 Å². The number of ether oxygens (including phenoxy) is 1. The lowest BCUT2D eigenvalue weighted by Gasteiger charge is -2.20. The molecular weight excluding hydrogens is 280 g/mol. The Bertz CT molecular complexity index is 394. The molecule has 6 nitrogen and oxygen atoms in total. The second-order valence-corrected chi connectivity index (χ2v) is 6.59. The average molecular weight is 310 g/mol. The summed E-state index contributed by atoms with van der Waals surface area (Å²) in [5.41, 5.74) is 0. The molecular formula is C16H30N4O2. The van der Waals surface area contributed by atoms with Crippen LogP contribution in [0.3, 0.4) is 0 Å². The first kappa shape index (κ1) is 17.1. The van der Waals surface area contributed by atoms with Gasteiger partial charge in [-0.05, 0) is 25.2 Å². The molecule has 2 fully saturated rings. The number of likely N-dealkylation sites (tertiary alicyclic amines) is 1. The van der Waals surface area contributed by atoms with Crippen LogP contribution in [0, 0.1) is 11.8 Å². The van der Waals surface area contributed by atoms with E-state index in [1.807, 2.05) is 18.7 Å². The zero-order valence-electron chi connectivity index (χ0n) is 14.1. The van der Waals surface area contributed by atoms with Crippen molar-refractivity contribution in [2.45, 2.75) is 39.2 Å². The lowest BCUT2D eigenvalue weighted by atomic mass is 10.2. The van der Waals surface area contributed by atoms with Gasteiger partial charge in [0.1, 0.15) is 0 Å². The fraction of sp³-hybridized carbons (Fsp3) is 0.875. The Kier molecular flexibility index (Phi) is 6.49. The van der Waals surface area contributed by atoms with Crippen LogP contribution < -0.4 is 10.6 Å². The molecule has 1 aliphatic heterocycles. The quantitative estimate of drug-likeness (QED) is 0.415. The molecule has 6 heteroatoms. The molecule has 1 atom stereocenters. The van der Waals surface area contributed by atoms with Crippen LogP contribution in [0.5, 0.6) is 0 Å². The fourth-order valence-corrected chi connectivity index (χ4v) is 2.61. The van der Waals surface area contributed by atoms with Crippen molar-refractivity contribution in [2.75, 3.05) is 39.9 Å². The number of hydrogen-bond acceptors (Lipinski definition) is 3. The molecule has 0 radical (unpaired) electrons. The Labute approximate surface area is 133 Å². The topological polar surface area (TPSA) is 66.0 Å². The highest BCUT2D eigenvalue weighted by atomic mass is 16.5. The Morgan fingerprint density at radius 1 is 1.36 bits per heavy atom. The highest BCUT2D eigenvalue weighted by Crippen LogP contribution is 2.28. The molecule has 0 aromatic carbocycles. The number of amides is 1. The second kappa shape index (κ2) is 8.36. The lowest BCUT2D eigenvalue weighted by Crippen LogP contribution is -2.46. The van der Waals surface area contributed by atoms with E-state index in [1.165, 1.54) is 12.8 Å². The van der Waals surface area contributed by atoms with Crippen molar-refractivity contribution in [1.82, 2.24) is 15.5 Å². The maximum Gasteiger partial charge on any atom is 0.225 e. The van der Waals surface area contributed by atoms with Crippen LogP contribution in [0.4, 0.5) is 0 Å². The van der Waals surface area contributed by atoms with Crippen LogP contribution in [-0.4, -0.2) is 62.7 Å². The van der Waals surface area contributed by atoms with Gasteiger partial charge in [0.25, 0.3) is 0 Å². The van der Waals surface area contributed by atoms with E-state index in [0.717, 1.165) is 44.5 Å². The van der Waals surface area contributed by atoms with Gasteiger partial charge in [0.15, 0.2) is 5.96 Å². The highest BCUT2D eigenvalue weighted by molar-refractivity contribution is 5.81. The molecule has 1 amide bonds. The standard InChI is InChI=1S/C16H30N4O2/c1-12(2)15(21)20-8-6-14(10-20)19-16(17-3)18-7-9-22-11-13-4-5-13/h12-14H,4-11H2,1-3H3,(H2,17,18,19). The smallest absolute Gasteiger partial charge is 0.225 e. The summed E-state index contributed by atoms with van der Waals surface area (Å²) in [4.78, 5) is 18.2. The average Bonchev–Trinajstić information content (AvgIpc) is 3.21. The maximum absolute atomic E-state index is 12.0.